The number of para-hydroxylation sites is 1. The van der Waals surface area contributed by atoms with Crippen LogP contribution in [0, 0.1) is 0 Å². The predicted molar refractivity (Wildman–Crippen MR) is 162 cm³/mol. The van der Waals surface area contributed by atoms with Crippen molar-refractivity contribution in [1.82, 2.24) is 15.7 Å². The summed E-state index contributed by atoms with van der Waals surface area (Å²) in [4.78, 5) is 29.8. The molecular weight excluding hydrogens is 520 g/mol. The van der Waals surface area contributed by atoms with Gasteiger partial charge in [-0.15, -0.1) is 0 Å². The SMILES string of the molecule is O=C(NC(Cc1c[nH]c2ccccc12)C(=O)NN=Cc1c2ccccc2cc2ccccc12)c1ccc(Cl)cc1. The topological polar surface area (TPSA) is 86.3 Å². The molecule has 0 bridgehead atoms. The van der Waals surface area contributed by atoms with Gasteiger partial charge in [-0.3, -0.25) is 9.59 Å². The second-order valence-electron chi connectivity index (χ2n) is 9.56. The van der Waals surface area contributed by atoms with Crippen LogP contribution in [0.3, 0.4) is 0 Å². The number of benzene rings is 5. The minimum atomic E-state index is -0.871. The lowest BCUT2D eigenvalue weighted by Crippen LogP contribution is -2.46. The Balaban J connectivity index is 1.29. The van der Waals surface area contributed by atoms with Crippen molar-refractivity contribution in [1.29, 1.82) is 0 Å². The number of rotatable bonds is 7. The van der Waals surface area contributed by atoms with E-state index in [1.54, 1.807) is 30.5 Å². The lowest BCUT2D eigenvalue weighted by Gasteiger charge is -2.17. The quantitative estimate of drug-likeness (QED) is 0.120. The second-order valence-corrected chi connectivity index (χ2v) is 10.00. The maximum atomic E-state index is 13.5. The van der Waals surface area contributed by atoms with Gasteiger partial charge >= 0.3 is 0 Å². The molecule has 7 heteroatoms. The van der Waals surface area contributed by atoms with Crippen molar-refractivity contribution in [3.63, 3.8) is 0 Å². The summed E-state index contributed by atoms with van der Waals surface area (Å²) >= 11 is 5.99. The number of aromatic nitrogens is 1. The first-order valence-corrected chi connectivity index (χ1v) is 13.3. The van der Waals surface area contributed by atoms with Gasteiger partial charge < -0.3 is 10.3 Å². The smallest absolute Gasteiger partial charge is 0.262 e. The predicted octanol–water partition coefficient (Wildman–Crippen LogP) is 6.62. The second kappa shape index (κ2) is 11.0. The molecule has 0 saturated carbocycles. The zero-order valence-corrected chi connectivity index (χ0v) is 22.2. The fraction of sp³-hybridized carbons (Fsp3) is 0.0606. The summed E-state index contributed by atoms with van der Waals surface area (Å²) in [5.74, 6) is -0.797. The van der Waals surface area contributed by atoms with Crippen molar-refractivity contribution < 1.29 is 9.59 Å². The Morgan fingerprint density at radius 3 is 2.15 bits per heavy atom. The van der Waals surface area contributed by atoms with Crippen molar-refractivity contribution in [2.24, 2.45) is 5.10 Å². The molecule has 6 rings (SSSR count). The molecule has 0 aliphatic rings. The molecular formula is C33H25ClN4O2. The first kappa shape index (κ1) is 25.3. The summed E-state index contributed by atoms with van der Waals surface area (Å²) in [7, 11) is 0. The Kier molecular flexibility index (Phi) is 7.00. The number of hydrogen-bond donors (Lipinski definition) is 3. The molecule has 1 atom stereocenters. The molecule has 1 heterocycles. The first-order chi connectivity index (χ1) is 19.6. The molecule has 0 fully saturated rings. The van der Waals surface area contributed by atoms with Gasteiger partial charge in [-0.25, -0.2) is 5.43 Å². The van der Waals surface area contributed by atoms with Gasteiger partial charge in [-0.2, -0.15) is 5.10 Å². The van der Waals surface area contributed by atoms with Crippen molar-refractivity contribution in [2.75, 3.05) is 0 Å². The number of nitrogens with one attached hydrogen (secondary N) is 3. The normalized spacial score (nSPS) is 12.2. The van der Waals surface area contributed by atoms with Gasteiger partial charge in [0.05, 0.1) is 6.21 Å². The maximum Gasteiger partial charge on any atom is 0.262 e. The molecule has 0 spiro atoms. The third-order valence-electron chi connectivity index (χ3n) is 7.01. The van der Waals surface area contributed by atoms with Crippen molar-refractivity contribution in [2.45, 2.75) is 12.5 Å². The minimum Gasteiger partial charge on any atom is -0.361 e. The number of halogens is 1. The van der Waals surface area contributed by atoms with Crippen LogP contribution in [0.25, 0.3) is 32.4 Å². The number of carbonyl (C=O) groups excluding carboxylic acids is 2. The summed E-state index contributed by atoms with van der Waals surface area (Å²) in [6.45, 7) is 0. The summed E-state index contributed by atoms with van der Waals surface area (Å²) < 4.78 is 0. The molecule has 0 saturated heterocycles. The zero-order valence-electron chi connectivity index (χ0n) is 21.4. The average Bonchev–Trinajstić information content (AvgIpc) is 3.39. The van der Waals surface area contributed by atoms with E-state index >= 15 is 0 Å². The first-order valence-electron chi connectivity index (χ1n) is 12.9. The molecule has 1 aromatic heterocycles. The van der Waals surface area contributed by atoms with Crippen LogP contribution in [-0.2, 0) is 11.2 Å². The van der Waals surface area contributed by atoms with Gasteiger partial charge in [0, 0.05) is 39.7 Å². The van der Waals surface area contributed by atoms with Crippen LogP contribution in [0.2, 0.25) is 5.02 Å². The minimum absolute atomic E-state index is 0.280. The van der Waals surface area contributed by atoms with Gasteiger partial charge in [0.1, 0.15) is 6.04 Å². The van der Waals surface area contributed by atoms with Crippen molar-refractivity contribution in [3.8, 4) is 0 Å². The number of aromatic amines is 1. The average molecular weight is 545 g/mol. The largest absolute Gasteiger partial charge is 0.361 e. The van der Waals surface area contributed by atoms with Crippen LogP contribution in [0.15, 0.2) is 114 Å². The summed E-state index contributed by atoms with van der Waals surface area (Å²) in [5, 5.41) is 13.0. The highest BCUT2D eigenvalue weighted by Crippen LogP contribution is 2.27. The van der Waals surface area contributed by atoms with E-state index in [-0.39, 0.29) is 12.3 Å². The van der Waals surface area contributed by atoms with Crippen LogP contribution < -0.4 is 10.7 Å². The van der Waals surface area contributed by atoms with Gasteiger partial charge in [-0.05, 0) is 63.5 Å². The molecule has 0 aliphatic carbocycles. The highest BCUT2D eigenvalue weighted by Gasteiger charge is 2.23. The number of fused-ring (bicyclic) bond motifs is 3. The van der Waals surface area contributed by atoms with Gasteiger partial charge in [-0.1, -0.05) is 78.3 Å². The number of hydrogen-bond acceptors (Lipinski definition) is 3. The van der Waals surface area contributed by atoms with Crippen LogP contribution in [0.4, 0.5) is 0 Å². The van der Waals surface area contributed by atoms with E-state index in [0.29, 0.717) is 10.6 Å². The molecule has 196 valence electrons. The summed E-state index contributed by atoms with van der Waals surface area (Å²) in [6, 6.07) is 31.8. The molecule has 3 N–H and O–H groups in total. The highest BCUT2D eigenvalue weighted by molar-refractivity contribution is 6.30. The molecule has 0 radical (unpaired) electrons. The monoisotopic (exact) mass is 544 g/mol. The Labute approximate surface area is 235 Å². The van der Waals surface area contributed by atoms with E-state index < -0.39 is 11.9 Å². The van der Waals surface area contributed by atoms with Crippen molar-refractivity contribution in [3.05, 3.63) is 131 Å². The van der Waals surface area contributed by atoms with Crippen LogP contribution in [0.5, 0.6) is 0 Å². The molecule has 1 unspecified atom stereocenters. The van der Waals surface area contributed by atoms with Crippen LogP contribution >= 0.6 is 11.6 Å². The lowest BCUT2D eigenvalue weighted by molar-refractivity contribution is -0.122. The van der Waals surface area contributed by atoms with E-state index in [2.05, 4.69) is 39.0 Å². The Morgan fingerprint density at radius 2 is 1.45 bits per heavy atom. The van der Waals surface area contributed by atoms with E-state index in [4.69, 9.17) is 11.6 Å². The van der Waals surface area contributed by atoms with Gasteiger partial charge in [0.25, 0.3) is 11.8 Å². The van der Waals surface area contributed by atoms with E-state index in [0.717, 1.165) is 43.6 Å². The van der Waals surface area contributed by atoms with Crippen LogP contribution in [0.1, 0.15) is 21.5 Å². The number of amides is 2. The Hall–Kier alpha value is -4.94. The number of hydrazone groups is 1. The third-order valence-corrected chi connectivity index (χ3v) is 7.26. The zero-order chi connectivity index (χ0) is 27.5. The maximum absolute atomic E-state index is 13.5. The van der Waals surface area contributed by atoms with E-state index in [9.17, 15) is 9.59 Å². The van der Waals surface area contributed by atoms with Gasteiger partial charge in [0.15, 0.2) is 0 Å². The Morgan fingerprint density at radius 1 is 0.825 bits per heavy atom. The number of nitrogens with zero attached hydrogens (tertiary/aromatic N) is 1. The summed E-state index contributed by atoms with van der Waals surface area (Å²) in [6.07, 6.45) is 3.82. The standard InChI is InChI=1S/C33H25ClN4O2/c34-25-15-13-21(14-16-25)32(39)37-31(18-24-19-35-30-12-6-5-11-28(24)30)33(40)38-36-20-29-26-9-3-1-7-22(26)17-23-8-2-4-10-27(23)29/h1-17,19-20,31,35H,18H2,(H,37,39)(H,38,40). The molecule has 0 aliphatic heterocycles. The number of carbonyl (C=O) groups is 2. The molecule has 2 amide bonds. The number of H-pyrrole nitrogens is 1. The lowest BCUT2D eigenvalue weighted by atomic mass is 9.97. The molecule has 5 aromatic carbocycles. The molecule has 6 aromatic rings. The highest BCUT2D eigenvalue weighted by atomic mass is 35.5. The van der Waals surface area contributed by atoms with E-state index in [1.807, 2.05) is 66.9 Å². The van der Waals surface area contributed by atoms with E-state index in [1.165, 1.54) is 0 Å². The third kappa shape index (κ3) is 5.17. The fourth-order valence-electron chi connectivity index (χ4n) is 5.00. The fourth-order valence-corrected chi connectivity index (χ4v) is 5.12. The summed E-state index contributed by atoms with van der Waals surface area (Å²) in [5.41, 5.74) is 5.86. The molecule has 6 nitrogen and oxygen atoms in total. The molecule has 40 heavy (non-hydrogen) atoms. The van der Waals surface area contributed by atoms with Crippen molar-refractivity contribution >= 4 is 62.1 Å². The van der Waals surface area contributed by atoms with Gasteiger partial charge in [0.2, 0.25) is 0 Å². The van der Waals surface area contributed by atoms with Crippen LogP contribution in [-0.4, -0.2) is 29.1 Å². The Bertz CT molecular complexity index is 1840.